The zero-order valence-electron chi connectivity index (χ0n) is 12.9. The molecule has 0 spiro atoms. The van der Waals surface area contributed by atoms with Crippen molar-refractivity contribution >= 4 is 23.4 Å². The Morgan fingerprint density at radius 3 is 2.64 bits per heavy atom. The van der Waals surface area contributed by atoms with E-state index >= 15 is 0 Å². The van der Waals surface area contributed by atoms with Gasteiger partial charge in [-0.25, -0.2) is 9.37 Å². The van der Waals surface area contributed by atoms with Gasteiger partial charge in [0.25, 0.3) is 0 Å². The number of hydrogen-bond donors (Lipinski definition) is 0. The summed E-state index contributed by atoms with van der Waals surface area (Å²) < 4.78 is 58.4. The minimum absolute atomic E-state index is 0.00942. The molecule has 0 bridgehead atoms. The SMILES string of the molecule is COc1ccc(N2C(=O)CSC2c2cc(F)ccc2C(F)(F)F)cn1. The first-order valence-corrected chi connectivity index (χ1v) is 8.16. The minimum Gasteiger partial charge on any atom is -0.481 e. The van der Waals surface area contributed by atoms with Gasteiger partial charge in [-0.15, -0.1) is 11.8 Å². The lowest BCUT2D eigenvalue weighted by Gasteiger charge is -2.26. The van der Waals surface area contributed by atoms with Crippen molar-refractivity contribution in [3.05, 3.63) is 53.5 Å². The summed E-state index contributed by atoms with van der Waals surface area (Å²) in [6.45, 7) is 0. The number of pyridine rings is 1. The molecule has 1 aliphatic heterocycles. The highest BCUT2D eigenvalue weighted by molar-refractivity contribution is 8.00. The van der Waals surface area contributed by atoms with Gasteiger partial charge in [0.05, 0.1) is 30.3 Å². The molecule has 0 N–H and O–H groups in total. The Morgan fingerprint density at radius 2 is 2.04 bits per heavy atom. The van der Waals surface area contributed by atoms with E-state index in [1.54, 1.807) is 0 Å². The minimum atomic E-state index is -4.65. The molecule has 0 saturated carbocycles. The second kappa shape index (κ2) is 6.55. The van der Waals surface area contributed by atoms with Crippen LogP contribution in [0.5, 0.6) is 5.88 Å². The van der Waals surface area contributed by atoms with Crippen molar-refractivity contribution < 1.29 is 27.1 Å². The number of ether oxygens (including phenoxy) is 1. The van der Waals surface area contributed by atoms with E-state index in [0.29, 0.717) is 17.6 Å². The average Bonchev–Trinajstić information content (AvgIpc) is 2.95. The number of anilines is 1. The number of methoxy groups -OCH3 is 1. The molecule has 1 fully saturated rings. The molecule has 0 radical (unpaired) electrons. The third-order valence-corrected chi connectivity index (χ3v) is 4.86. The standard InChI is InChI=1S/C16H12F4N2O2S/c1-24-13-5-3-10(7-21-13)22-14(23)8-25-15(22)11-6-9(17)2-4-12(11)16(18,19)20/h2-7,15H,8H2,1H3. The number of carbonyl (C=O) groups is 1. The fourth-order valence-corrected chi connectivity index (χ4v) is 3.77. The molecular weight excluding hydrogens is 360 g/mol. The smallest absolute Gasteiger partial charge is 0.416 e. The zero-order chi connectivity index (χ0) is 18.2. The molecule has 1 unspecified atom stereocenters. The molecule has 1 amide bonds. The number of rotatable bonds is 3. The van der Waals surface area contributed by atoms with Crippen LogP contribution >= 0.6 is 11.8 Å². The number of amides is 1. The lowest BCUT2D eigenvalue weighted by molar-refractivity contribution is -0.138. The highest BCUT2D eigenvalue weighted by Gasteiger charge is 2.41. The lowest BCUT2D eigenvalue weighted by atomic mass is 10.1. The normalized spacial score (nSPS) is 17.9. The summed E-state index contributed by atoms with van der Waals surface area (Å²) in [5, 5.41) is -0.991. The van der Waals surface area contributed by atoms with Gasteiger partial charge in [-0.1, -0.05) is 0 Å². The number of thioether (sulfide) groups is 1. The lowest BCUT2D eigenvalue weighted by Crippen LogP contribution is -2.29. The fraction of sp³-hybridized carbons (Fsp3) is 0.250. The second-order valence-corrected chi connectivity index (χ2v) is 6.28. The van der Waals surface area contributed by atoms with Gasteiger partial charge < -0.3 is 4.74 Å². The maximum absolute atomic E-state index is 13.6. The monoisotopic (exact) mass is 372 g/mol. The molecule has 4 nitrogen and oxygen atoms in total. The molecule has 2 heterocycles. The number of nitrogens with zero attached hydrogens (tertiary/aromatic N) is 2. The van der Waals surface area contributed by atoms with Crippen LogP contribution in [0.2, 0.25) is 0 Å². The van der Waals surface area contributed by atoms with Gasteiger partial charge in [-0.3, -0.25) is 9.69 Å². The van der Waals surface area contributed by atoms with Crippen molar-refractivity contribution in [1.82, 2.24) is 4.98 Å². The summed E-state index contributed by atoms with van der Waals surface area (Å²) in [6.07, 6.45) is -3.32. The molecule has 1 atom stereocenters. The van der Waals surface area contributed by atoms with Crippen LogP contribution in [0, 0.1) is 5.82 Å². The average molecular weight is 372 g/mol. The van der Waals surface area contributed by atoms with Crippen LogP contribution in [0.1, 0.15) is 16.5 Å². The Kier molecular flexibility index (Phi) is 4.59. The van der Waals surface area contributed by atoms with E-state index in [1.807, 2.05) is 0 Å². The Morgan fingerprint density at radius 1 is 1.28 bits per heavy atom. The van der Waals surface area contributed by atoms with Gasteiger partial charge in [0.15, 0.2) is 0 Å². The molecule has 1 aliphatic rings. The van der Waals surface area contributed by atoms with Gasteiger partial charge in [0.2, 0.25) is 11.8 Å². The van der Waals surface area contributed by atoms with E-state index in [-0.39, 0.29) is 17.2 Å². The topological polar surface area (TPSA) is 42.4 Å². The fourth-order valence-electron chi connectivity index (χ4n) is 2.57. The van der Waals surface area contributed by atoms with Crippen LogP contribution in [0.25, 0.3) is 0 Å². The predicted molar refractivity (Wildman–Crippen MR) is 84.9 cm³/mol. The highest BCUT2D eigenvalue weighted by Crippen LogP contribution is 2.46. The molecule has 2 aromatic rings. The Bertz CT molecular complexity index is 796. The van der Waals surface area contributed by atoms with Crippen molar-refractivity contribution in [3.63, 3.8) is 0 Å². The van der Waals surface area contributed by atoms with Crippen molar-refractivity contribution in [1.29, 1.82) is 0 Å². The third-order valence-electron chi connectivity index (χ3n) is 3.66. The van der Waals surface area contributed by atoms with Gasteiger partial charge in [0, 0.05) is 11.6 Å². The van der Waals surface area contributed by atoms with Gasteiger partial charge in [-0.05, 0) is 24.3 Å². The quantitative estimate of drug-likeness (QED) is 0.763. The Balaban J connectivity index is 2.06. The number of alkyl halides is 3. The van der Waals surface area contributed by atoms with E-state index in [0.717, 1.165) is 23.9 Å². The van der Waals surface area contributed by atoms with Crippen molar-refractivity contribution in [3.8, 4) is 5.88 Å². The van der Waals surface area contributed by atoms with E-state index in [9.17, 15) is 22.4 Å². The summed E-state index contributed by atoms with van der Waals surface area (Å²) in [5.74, 6) is -0.874. The van der Waals surface area contributed by atoms with Crippen LogP contribution in [-0.4, -0.2) is 23.8 Å². The maximum Gasteiger partial charge on any atom is 0.416 e. The highest BCUT2D eigenvalue weighted by atomic mass is 32.2. The molecule has 25 heavy (non-hydrogen) atoms. The third kappa shape index (κ3) is 3.41. The molecule has 0 aliphatic carbocycles. The maximum atomic E-state index is 13.6. The molecule has 9 heteroatoms. The van der Waals surface area contributed by atoms with Gasteiger partial charge in [0.1, 0.15) is 11.2 Å². The number of carbonyl (C=O) groups excluding carboxylic acids is 1. The number of hydrogen-bond acceptors (Lipinski definition) is 4. The number of benzene rings is 1. The first-order valence-electron chi connectivity index (χ1n) is 7.11. The summed E-state index contributed by atoms with van der Waals surface area (Å²) in [7, 11) is 1.42. The van der Waals surface area contributed by atoms with Crippen molar-refractivity contribution in [2.45, 2.75) is 11.6 Å². The van der Waals surface area contributed by atoms with Crippen LogP contribution in [0.15, 0.2) is 36.5 Å². The second-order valence-electron chi connectivity index (χ2n) is 5.22. The van der Waals surface area contributed by atoms with Crippen molar-refractivity contribution in [2.24, 2.45) is 0 Å². The first-order chi connectivity index (χ1) is 11.8. The summed E-state index contributed by atoms with van der Waals surface area (Å²) in [5.41, 5.74) is -0.940. The zero-order valence-corrected chi connectivity index (χ0v) is 13.7. The molecule has 1 aromatic carbocycles. The van der Waals surface area contributed by atoms with Crippen LogP contribution in [-0.2, 0) is 11.0 Å². The van der Waals surface area contributed by atoms with E-state index in [2.05, 4.69) is 4.98 Å². The van der Waals surface area contributed by atoms with Crippen LogP contribution in [0.3, 0.4) is 0 Å². The van der Waals surface area contributed by atoms with Gasteiger partial charge >= 0.3 is 6.18 Å². The van der Waals surface area contributed by atoms with E-state index in [4.69, 9.17) is 4.74 Å². The molecule has 1 aromatic heterocycles. The number of aromatic nitrogens is 1. The molecule has 3 rings (SSSR count). The molecular formula is C16H12F4N2O2S. The van der Waals surface area contributed by atoms with E-state index in [1.165, 1.54) is 30.3 Å². The Hall–Kier alpha value is -2.29. The van der Waals surface area contributed by atoms with Crippen LogP contribution < -0.4 is 9.64 Å². The molecule has 1 saturated heterocycles. The van der Waals surface area contributed by atoms with Crippen molar-refractivity contribution in [2.75, 3.05) is 17.8 Å². The van der Waals surface area contributed by atoms with Gasteiger partial charge in [-0.2, -0.15) is 13.2 Å². The van der Waals surface area contributed by atoms with Crippen LogP contribution in [0.4, 0.5) is 23.2 Å². The molecule has 132 valence electrons. The van der Waals surface area contributed by atoms with E-state index < -0.39 is 22.9 Å². The Labute approximate surface area is 144 Å². The first kappa shape index (κ1) is 17.5. The largest absolute Gasteiger partial charge is 0.481 e. The summed E-state index contributed by atoms with van der Waals surface area (Å²) in [6, 6.07) is 5.29. The summed E-state index contributed by atoms with van der Waals surface area (Å²) >= 11 is 1.01. The number of halogens is 4. The summed E-state index contributed by atoms with van der Waals surface area (Å²) in [4.78, 5) is 17.4. The predicted octanol–water partition coefficient (Wildman–Crippen LogP) is 4.03.